The first kappa shape index (κ1) is 27.1. The lowest BCUT2D eigenvalue weighted by Crippen LogP contribution is -2.54. The molecule has 2 heterocycles. The number of thiocarbonyl (C=S) groups is 1. The van der Waals surface area contributed by atoms with Gasteiger partial charge in [0.15, 0.2) is 5.11 Å². The summed E-state index contributed by atoms with van der Waals surface area (Å²) in [6.07, 6.45) is 10.1. The van der Waals surface area contributed by atoms with Gasteiger partial charge in [-0.15, -0.1) is 0 Å². The number of aryl methyl sites for hydroxylation is 1. The predicted molar refractivity (Wildman–Crippen MR) is 169 cm³/mol. The van der Waals surface area contributed by atoms with Gasteiger partial charge in [0.25, 0.3) is 11.8 Å². The zero-order valence-electron chi connectivity index (χ0n) is 24.5. The molecule has 1 N–H and O–H groups in total. The SMILES string of the molecule is CCOc1cccc(N2C(=O)/C(=C/c3cc(C)n(-c4ccc(C56CC7CC(CC(C7)C5)C6)cc4)c3C)C(=O)NC2=S)c1. The largest absolute Gasteiger partial charge is 0.494 e. The molecule has 0 radical (unpaired) electrons. The van der Waals surface area contributed by atoms with E-state index in [-0.39, 0.29) is 10.7 Å². The van der Waals surface area contributed by atoms with E-state index in [4.69, 9.17) is 17.0 Å². The molecule has 2 amide bonds. The molecule has 0 atom stereocenters. The highest BCUT2D eigenvalue weighted by Gasteiger charge is 2.51. The number of anilines is 1. The zero-order chi connectivity index (χ0) is 29.2. The number of benzene rings is 2. The van der Waals surface area contributed by atoms with Gasteiger partial charge < -0.3 is 9.30 Å². The van der Waals surface area contributed by atoms with E-state index in [1.807, 2.05) is 26.0 Å². The summed E-state index contributed by atoms with van der Waals surface area (Å²) in [7, 11) is 0. The minimum absolute atomic E-state index is 0.0443. The van der Waals surface area contributed by atoms with Crippen LogP contribution in [0.25, 0.3) is 11.8 Å². The predicted octanol–water partition coefficient (Wildman–Crippen LogP) is 6.79. The van der Waals surface area contributed by atoms with Crippen LogP contribution in [-0.2, 0) is 15.0 Å². The smallest absolute Gasteiger partial charge is 0.270 e. The second kappa shape index (κ2) is 10.2. The summed E-state index contributed by atoms with van der Waals surface area (Å²) < 4.78 is 7.81. The fourth-order valence-corrected chi connectivity index (χ4v) is 8.97. The summed E-state index contributed by atoms with van der Waals surface area (Å²) in [5.74, 6) is 2.43. The van der Waals surface area contributed by atoms with E-state index in [1.165, 1.54) is 49.0 Å². The highest BCUT2D eigenvalue weighted by molar-refractivity contribution is 7.80. The Balaban J connectivity index is 1.18. The standard InChI is InChI=1S/C35H37N3O3S/c1-4-41-30-7-5-6-29(17-30)38-33(40)31(32(39)36-34(38)42)16-26-12-21(2)37(22(26)3)28-10-8-27(9-11-28)35-18-23-13-24(19-35)15-25(14-23)20-35/h5-12,16-17,23-25H,4,13-15,18-20H2,1-3H3,(H,36,39,42)/b31-16+. The van der Waals surface area contributed by atoms with E-state index in [0.29, 0.717) is 23.5 Å². The van der Waals surface area contributed by atoms with Gasteiger partial charge in [0, 0.05) is 23.1 Å². The van der Waals surface area contributed by atoms with Crippen molar-refractivity contribution >= 4 is 40.9 Å². The number of aromatic nitrogens is 1. The molecule has 4 saturated carbocycles. The number of nitrogens with one attached hydrogen (secondary N) is 1. The number of carbonyl (C=O) groups is 2. The minimum atomic E-state index is -0.494. The van der Waals surface area contributed by atoms with Crippen molar-refractivity contribution in [1.29, 1.82) is 0 Å². The van der Waals surface area contributed by atoms with Gasteiger partial charge in [-0.1, -0.05) is 18.2 Å². The Hall–Kier alpha value is -3.71. The Labute approximate surface area is 252 Å². The van der Waals surface area contributed by atoms with Crippen LogP contribution in [0.15, 0.2) is 60.2 Å². The molecular weight excluding hydrogens is 542 g/mol. The molecule has 5 fully saturated rings. The van der Waals surface area contributed by atoms with E-state index < -0.39 is 11.8 Å². The molecule has 7 heteroatoms. The van der Waals surface area contributed by atoms with Crippen LogP contribution < -0.4 is 15.0 Å². The quantitative estimate of drug-likeness (QED) is 0.198. The number of amides is 2. The van der Waals surface area contributed by atoms with Crippen LogP contribution in [0.5, 0.6) is 5.75 Å². The van der Waals surface area contributed by atoms with Gasteiger partial charge in [-0.05, 0) is 142 Å². The van der Waals surface area contributed by atoms with Gasteiger partial charge >= 0.3 is 0 Å². The molecule has 216 valence electrons. The van der Waals surface area contributed by atoms with E-state index in [9.17, 15) is 9.59 Å². The molecule has 4 bridgehead atoms. The van der Waals surface area contributed by atoms with Crippen molar-refractivity contribution in [2.45, 2.75) is 64.7 Å². The molecule has 0 spiro atoms. The van der Waals surface area contributed by atoms with Crippen LogP contribution in [-0.4, -0.2) is 28.1 Å². The Morgan fingerprint density at radius 1 is 0.952 bits per heavy atom. The summed E-state index contributed by atoms with van der Waals surface area (Å²) in [5, 5.41) is 2.75. The third kappa shape index (κ3) is 4.49. The van der Waals surface area contributed by atoms with Gasteiger partial charge in [-0.2, -0.15) is 0 Å². The van der Waals surface area contributed by atoms with E-state index in [2.05, 4.69) is 41.1 Å². The van der Waals surface area contributed by atoms with Crippen LogP contribution in [0.4, 0.5) is 5.69 Å². The van der Waals surface area contributed by atoms with Crippen molar-refractivity contribution in [3.8, 4) is 11.4 Å². The second-order valence-corrected chi connectivity index (χ2v) is 13.2. The van der Waals surface area contributed by atoms with Crippen molar-refractivity contribution in [3.63, 3.8) is 0 Å². The number of hydrogen-bond donors (Lipinski definition) is 1. The van der Waals surface area contributed by atoms with Gasteiger partial charge in [0.05, 0.1) is 12.3 Å². The Morgan fingerprint density at radius 2 is 1.62 bits per heavy atom. The molecule has 3 aromatic rings. The highest BCUT2D eigenvalue weighted by atomic mass is 32.1. The van der Waals surface area contributed by atoms with E-state index in [0.717, 1.165) is 40.4 Å². The topological polar surface area (TPSA) is 63.6 Å². The summed E-state index contributed by atoms with van der Waals surface area (Å²) in [6.45, 7) is 6.50. The van der Waals surface area contributed by atoms with E-state index in [1.54, 1.807) is 24.3 Å². The van der Waals surface area contributed by atoms with Crippen LogP contribution in [0, 0.1) is 31.6 Å². The number of carbonyl (C=O) groups excluding carboxylic acids is 2. The monoisotopic (exact) mass is 579 g/mol. The Bertz CT molecular complexity index is 1600. The molecule has 6 nitrogen and oxygen atoms in total. The van der Waals surface area contributed by atoms with Crippen molar-refractivity contribution in [2.75, 3.05) is 11.5 Å². The lowest BCUT2D eigenvalue weighted by molar-refractivity contribution is -0.122. The summed E-state index contributed by atoms with van der Waals surface area (Å²) in [4.78, 5) is 28.0. The van der Waals surface area contributed by atoms with Crippen LogP contribution >= 0.6 is 12.2 Å². The minimum Gasteiger partial charge on any atom is -0.494 e. The zero-order valence-corrected chi connectivity index (χ0v) is 25.3. The lowest BCUT2D eigenvalue weighted by atomic mass is 9.48. The van der Waals surface area contributed by atoms with Gasteiger partial charge in [0.2, 0.25) is 0 Å². The number of ether oxygens (including phenoxy) is 1. The second-order valence-electron chi connectivity index (χ2n) is 12.8. The molecule has 0 unspecified atom stereocenters. The molecule has 1 saturated heterocycles. The molecule has 1 aliphatic heterocycles. The van der Waals surface area contributed by atoms with Crippen LogP contribution in [0.1, 0.15) is 68.0 Å². The molecule has 8 rings (SSSR count). The first-order chi connectivity index (χ1) is 20.2. The summed E-state index contributed by atoms with van der Waals surface area (Å²) in [5.41, 5.74) is 6.40. The fourth-order valence-electron chi connectivity index (χ4n) is 8.69. The molecule has 1 aromatic heterocycles. The van der Waals surface area contributed by atoms with Gasteiger partial charge in [-0.25, -0.2) is 0 Å². The summed E-state index contributed by atoms with van der Waals surface area (Å²) >= 11 is 5.40. The first-order valence-corrected chi connectivity index (χ1v) is 15.6. The molecule has 4 aliphatic carbocycles. The molecule has 42 heavy (non-hydrogen) atoms. The van der Waals surface area contributed by atoms with Gasteiger partial charge in [-0.3, -0.25) is 19.8 Å². The van der Waals surface area contributed by atoms with Crippen molar-refractivity contribution in [2.24, 2.45) is 17.8 Å². The number of nitrogens with zero attached hydrogens (tertiary/aromatic N) is 2. The fraction of sp³-hybridized carbons (Fsp3) is 0.400. The Morgan fingerprint density at radius 3 is 2.26 bits per heavy atom. The normalized spacial score (nSPS) is 27.6. The molecule has 5 aliphatic rings. The van der Waals surface area contributed by atoms with Gasteiger partial charge in [0.1, 0.15) is 11.3 Å². The third-order valence-electron chi connectivity index (χ3n) is 10.0. The maximum absolute atomic E-state index is 13.7. The van der Waals surface area contributed by atoms with E-state index >= 15 is 0 Å². The summed E-state index contributed by atoms with van der Waals surface area (Å²) in [6, 6.07) is 18.4. The highest BCUT2D eigenvalue weighted by Crippen LogP contribution is 2.60. The average Bonchev–Trinajstić information content (AvgIpc) is 3.23. The Kier molecular flexibility index (Phi) is 6.61. The molecule has 2 aromatic carbocycles. The van der Waals surface area contributed by atoms with Crippen molar-refractivity contribution in [1.82, 2.24) is 9.88 Å². The van der Waals surface area contributed by atoms with Crippen LogP contribution in [0.3, 0.4) is 0 Å². The molecular formula is C35H37N3O3S. The average molecular weight is 580 g/mol. The first-order valence-electron chi connectivity index (χ1n) is 15.2. The third-order valence-corrected chi connectivity index (χ3v) is 10.3. The lowest BCUT2D eigenvalue weighted by Gasteiger charge is -2.57. The number of hydrogen-bond acceptors (Lipinski definition) is 4. The maximum Gasteiger partial charge on any atom is 0.270 e. The van der Waals surface area contributed by atoms with Crippen molar-refractivity contribution in [3.05, 3.63) is 82.7 Å². The van der Waals surface area contributed by atoms with Crippen molar-refractivity contribution < 1.29 is 14.3 Å². The van der Waals surface area contributed by atoms with Crippen LogP contribution in [0.2, 0.25) is 0 Å². The number of rotatable bonds is 6. The maximum atomic E-state index is 13.7.